The molecule has 1 atom stereocenters. The number of rotatable bonds is 5. The van der Waals surface area contributed by atoms with E-state index in [1.807, 2.05) is 24.3 Å². The Morgan fingerprint density at radius 1 is 0.825 bits per heavy atom. The minimum atomic E-state index is -0.947. The van der Waals surface area contributed by atoms with Crippen LogP contribution in [0.15, 0.2) is 36.4 Å². The van der Waals surface area contributed by atoms with Crippen LogP contribution in [-0.2, 0) is 16.1 Å². The molecule has 2 aromatic rings. The van der Waals surface area contributed by atoms with Crippen molar-refractivity contribution in [2.24, 2.45) is 0 Å². The van der Waals surface area contributed by atoms with Crippen molar-refractivity contribution in [2.45, 2.75) is 44.3 Å². The Hall–Kier alpha value is -2.98. The summed E-state index contributed by atoms with van der Waals surface area (Å²) in [7, 11) is 0. The highest BCUT2D eigenvalue weighted by atomic mass is 35.5. The molecule has 0 bridgehead atoms. The molecular weight excluding hydrogens is 553 g/mol. The molecular formula is C29H31Cl2N5O4. The number of imide groups is 2. The first-order valence-corrected chi connectivity index (χ1v) is 14.6. The number of carbonyl (C=O) groups is 4. The molecule has 210 valence electrons. The molecule has 0 aromatic heterocycles. The third-order valence-electron chi connectivity index (χ3n) is 8.57. The Kier molecular flexibility index (Phi) is 7.56. The summed E-state index contributed by atoms with van der Waals surface area (Å²) in [5, 5.41) is 3.44. The van der Waals surface area contributed by atoms with Gasteiger partial charge in [-0.2, -0.15) is 0 Å². The Morgan fingerprint density at radius 2 is 1.55 bits per heavy atom. The van der Waals surface area contributed by atoms with Crippen molar-refractivity contribution in [3.8, 4) is 0 Å². The van der Waals surface area contributed by atoms with Crippen LogP contribution < -0.4 is 10.2 Å². The molecule has 40 heavy (non-hydrogen) atoms. The first kappa shape index (κ1) is 27.2. The van der Waals surface area contributed by atoms with Crippen LogP contribution in [0.5, 0.6) is 0 Å². The van der Waals surface area contributed by atoms with E-state index in [4.69, 9.17) is 23.2 Å². The molecule has 0 saturated carbocycles. The van der Waals surface area contributed by atoms with Crippen molar-refractivity contribution in [1.82, 2.24) is 20.0 Å². The predicted molar refractivity (Wildman–Crippen MR) is 152 cm³/mol. The SMILES string of the molecule is O=C1CCC(N2C(=O)c3ccc(CN4CCC(N5CCN(c6cccc(Cl)c6Cl)CC5)CC4)cc3C2=O)C(=O)N1. The number of halogens is 2. The van der Waals surface area contributed by atoms with Gasteiger partial charge in [-0.1, -0.05) is 35.3 Å². The number of fused-ring (bicyclic) bond motifs is 1. The highest BCUT2D eigenvalue weighted by molar-refractivity contribution is 6.43. The standard InChI is InChI=1S/C29H31Cl2N5O4/c30-22-2-1-3-23(26(22)31)35-14-12-34(13-15-35)19-8-10-33(11-9-19)17-18-4-5-20-21(16-18)29(40)36(28(20)39)24-6-7-25(37)32-27(24)38/h1-5,16,19,24H,6-15,17H2,(H,32,37,38). The molecule has 3 fully saturated rings. The number of nitrogens with zero attached hydrogens (tertiary/aromatic N) is 4. The van der Waals surface area contributed by atoms with Crippen molar-refractivity contribution in [2.75, 3.05) is 44.2 Å². The lowest BCUT2D eigenvalue weighted by atomic mass is 10.0. The van der Waals surface area contributed by atoms with Crippen LogP contribution in [0, 0.1) is 0 Å². The van der Waals surface area contributed by atoms with Gasteiger partial charge in [-0.3, -0.25) is 39.2 Å². The normalized spacial score (nSPS) is 23.1. The minimum Gasteiger partial charge on any atom is -0.368 e. The van der Waals surface area contributed by atoms with Crippen LogP contribution in [0.3, 0.4) is 0 Å². The second-order valence-electron chi connectivity index (χ2n) is 10.9. The lowest BCUT2D eigenvalue weighted by molar-refractivity contribution is -0.136. The van der Waals surface area contributed by atoms with Gasteiger partial charge in [-0.05, 0) is 62.2 Å². The summed E-state index contributed by atoms with van der Waals surface area (Å²) < 4.78 is 0. The molecule has 1 N–H and O–H groups in total. The molecule has 4 aliphatic rings. The van der Waals surface area contributed by atoms with Crippen LogP contribution >= 0.6 is 23.2 Å². The predicted octanol–water partition coefficient (Wildman–Crippen LogP) is 3.18. The molecule has 4 aliphatic heterocycles. The Bertz CT molecular complexity index is 1370. The van der Waals surface area contributed by atoms with Crippen LogP contribution in [0.25, 0.3) is 0 Å². The van der Waals surface area contributed by atoms with E-state index in [2.05, 4.69) is 20.0 Å². The summed E-state index contributed by atoms with van der Waals surface area (Å²) in [6.45, 7) is 6.40. The zero-order valence-corrected chi connectivity index (χ0v) is 23.6. The summed E-state index contributed by atoms with van der Waals surface area (Å²) in [6.07, 6.45) is 2.41. The van der Waals surface area contributed by atoms with Gasteiger partial charge in [0, 0.05) is 45.2 Å². The van der Waals surface area contributed by atoms with Gasteiger partial charge in [0.2, 0.25) is 11.8 Å². The maximum atomic E-state index is 13.1. The molecule has 0 radical (unpaired) electrons. The van der Waals surface area contributed by atoms with E-state index in [9.17, 15) is 19.2 Å². The Morgan fingerprint density at radius 3 is 2.27 bits per heavy atom. The summed E-state index contributed by atoms with van der Waals surface area (Å²) >= 11 is 12.6. The van der Waals surface area contributed by atoms with Gasteiger partial charge in [0.25, 0.3) is 11.8 Å². The van der Waals surface area contributed by atoms with Crippen LogP contribution in [0.4, 0.5) is 5.69 Å². The first-order chi connectivity index (χ1) is 19.3. The lowest BCUT2D eigenvalue weighted by Gasteiger charge is -2.43. The van der Waals surface area contributed by atoms with Crippen molar-refractivity contribution in [3.63, 3.8) is 0 Å². The van der Waals surface area contributed by atoms with E-state index in [0.29, 0.717) is 33.8 Å². The summed E-state index contributed by atoms with van der Waals surface area (Å²) in [5.74, 6) is -1.91. The van der Waals surface area contributed by atoms with E-state index >= 15 is 0 Å². The van der Waals surface area contributed by atoms with Crippen molar-refractivity contribution >= 4 is 52.5 Å². The monoisotopic (exact) mass is 583 g/mol. The van der Waals surface area contributed by atoms with Gasteiger partial charge in [0.05, 0.1) is 26.9 Å². The topological polar surface area (TPSA) is 93.3 Å². The molecule has 0 aliphatic carbocycles. The fourth-order valence-electron chi connectivity index (χ4n) is 6.38. The van der Waals surface area contributed by atoms with Crippen LogP contribution in [-0.4, -0.2) is 89.7 Å². The summed E-state index contributed by atoms with van der Waals surface area (Å²) in [6, 6.07) is 10.7. The Balaban J connectivity index is 1.03. The fourth-order valence-corrected chi connectivity index (χ4v) is 6.80. The zero-order valence-electron chi connectivity index (χ0n) is 22.1. The largest absolute Gasteiger partial charge is 0.368 e. The molecule has 4 heterocycles. The number of piperidine rings is 2. The third kappa shape index (κ3) is 5.11. The smallest absolute Gasteiger partial charge is 0.262 e. The maximum absolute atomic E-state index is 13.1. The molecule has 0 spiro atoms. The van der Waals surface area contributed by atoms with Gasteiger partial charge in [0.1, 0.15) is 6.04 Å². The number of likely N-dealkylation sites (tertiary alicyclic amines) is 1. The van der Waals surface area contributed by atoms with Gasteiger partial charge < -0.3 is 4.90 Å². The van der Waals surface area contributed by atoms with Gasteiger partial charge in [-0.25, -0.2) is 0 Å². The Labute approximate surface area is 243 Å². The molecule has 6 rings (SSSR count). The average molecular weight is 585 g/mol. The average Bonchev–Trinajstić information content (AvgIpc) is 3.20. The number of anilines is 1. The van der Waals surface area contributed by atoms with E-state index in [1.165, 1.54) is 0 Å². The van der Waals surface area contributed by atoms with Crippen LogP contribution in [0.2, 0.25) is 10.0 Å². The fraction of sp³-hybridized carbons (Fsp3) is 0.448. The van der Waals surface area contributed by atoms with Gasteiger partial charge >= 0.3 is 0 Å². The number of benzene rings is 2. The molecule has 9 nitrogen and oxygen atoms in total. The number of piperazine rings is 1. The van der Waals surface area contributed by atoms with Gasteiger partial charge in [0.15, 0.2) is 0 Å². The van der Waals surface area contributed by atoms with E-state index < -0.39 is 23.8 Å². The van der Waals surface area contributed by atoms with Crippen molar-refractivity contribution in [3.05, 3.63) is 63.1 Å². The molecule has 3 saturated heterocycles. The molecule has 2 aromatic carbocycles. The first-order valence-electron chi connectivity index (χ1n) is 13.8. The number of hydrogen-bond acceptors (Lipinski definition) is 7. The molecule has 11 heteroatoms. The highest BCUT2D eigenvalue weighted by Gasteiger charge is 2.44. The number of nitrogens with one attached hydrogen (secondary N) is 1. The third-order valence-corrected chi connectivity index (χ3v) is 9.38. The number of amides is 4. The van der Waals surface area contributed by atoms with Crippen molar-refractivity contribution < 1.29 is 19.2 Å². The van der Waals surface area contributed by atoms with Crippen LogP contribution in [0.1, 0.15) is 52.0 Å². The van der Waals surface area contributed by atoms with E-state index in [1.54, 1.807) is 12.1 Å². The quantitative estimate of drug-likeness (QED) is 0.540. The zero-order chi connectivity index (χ0) is 28.0. The summed E-state index contributed by atoms with van der Waals surface area (Å²) in [4.78, 5) is 58.2. The van der Waals surface area contributed by atoms with E-state index in [-0.39, 0.29) is 18.7 Å². The maximum Gasteiger partial charge on any atom is 0.262 e. The van der Waals surface area contributed by atoms with Crippen molar-refractivity contribution in [1.29, 1.82) is 0 Å². The highest BCUT2D eigenvalue weighted by Crippen LogP contribution is 2.34. The number of carbonyl (C=O) groups excluding carboxylic acids is 4. The minimum absolute atomic E-state index is 0.108. The number of hydrogen-bond donors (Lipinski definition) is 1. The summed E-state index contributed by atoms with van der Waals surface area (Å²) in [5.41, 5.74) is 2.61. The van der Waals surface area contributed by atoms with E-state index in [0.717, 1.165) is 68.3 Å². The second-order valence-corrected chi connectivity index (χ2v) is 11.7. The lowest BCUT2D eigenvalue weighted by Crippen LogP contribution is -2.54. The second kappa shape index (κ2) is 11.1. The van der Waals surface area contributed by atoms with Gasteiger partial charge in [-0.15, -0.1) is 0 Å². The molecule has 1 unspecified atom stereocenters. The molecule has 4 amide bonds.